The fourth-order valence-electron chi connectivity index (χ4n) is 4.81. The number of nitrogens with zero attached hydrogens (tertiary/aromatic N) is 3. The molecule has 0 radical (unpaired) electrons. The molecule has 0 aromatic heterocycles. The molecule has 182 valence electrons. The molecule has 0 saturated carbocycles. The van der Waals surface area contributed by atoms with Crippen LogP contribution in [0.1, 0.15) is 27.0 Å². The maximum absolute atomic E-state index is 13.1. The smallest absolute Gasteiger partial charge is 0.253 e. The lowest BCUT2D eigenvalue weighted by Crippen LogP contribution is -2.50. The van der Waals surface area contributed by atoms with Crippen molar-refractivity contribution in [1.82, 2.24) is 9.21 Å². The Hall–Kier alpha value is -3.36. The van der Waals surface area contributed by atoms with Gasteiger partial charge in [-0.25, -0.2) is 8.42 Å². The first-order valence-corrected chi connectivity index (χ1v) is 13.3. The SMILES string of the molecule is Cc1ccc(O)c(S(=O)(=O)N2CCN(C(=O)c3ccc(N4CCc5ccccc5C4)cc3)CC2)c1. The predicted octanol–water partition coefficient (Wildman–Crippen LogP) is 3.41. The largest absolute Gasteiger partial charge is 0.507 e. The fraction of sp³-hybridized carbons (Fsp3) is 0.296. The molecule has 5 rings (SSSR count). The average Bonchev–Trinajstić information content (AvgIpc) is 2.89. The number of carbonyl (C=O) groups is 1. The van der Waals surface area contributed by atoms with Crippen molar-refractivity contribution in [3.8, 4) is 5.75 Å². The summed E-state index contributed by atoms with van der Waals surface area (Å²) in [7, 11) is -3.83. The lowest BCUT2D eigenvalue weighted by atomic mass is 9.99. The molecule has 1 N–H and O–H groups in total. The minimum Gasteiger partial charge on any atom is -0.507 e. The van der Waals surface area contributed by atoms with Gasteiger partial charge in [-0.2, -0.15) is 4.31 Å². The number of piperazine rings is 1. The molecule has 0 atom stereocenters. The number of phenols is 1. The lowest BCUT2D eigenvalue weighted by Gasteiger charge is -2.34. The van der Waals surface area contributed by atoms with Gasteiger partial charge in [-0.15, -0.1) is 0 Å². The molecule has 0 unspecified atom stereocenters. The van der Waals surface area contributed by atoms with Crippen LogP contribution in [0.25, 0.3) is 0 Å². The lowest BCUT2D eigenvalue weighted by molar-refractivity contribution is 0.0697. The Bertz CT molecular complexity index is 1350. The Labute approximate surface area is 206 Å². The minimum atomic E-state index is -3.83. The van der Waals surface area contributed by atoms with Crippen LogP contribution in [0.3, 0.4) is 0 Å². The first kappa shape index (κ1) is 23.4. The summed E-state index contributed by atoms with van der Waals surface area (Å²) in [4.78, 5) is 17.0. The van der Waals surface area contributed by atoms with E-state index in [9.17, 15) is 18.3 Å². The van der Waals surface area contributed by atoms with Gasteiger partial charge in [-0.05, 0) is 66.4 Å². The molecule has 2 aliphatic heterocycles. The van der Waals surface area contributed by atoms with E-state index in [-0.39, 0.29) is 29.6 Å². The second kappa shape index (κ2) is 9.36. The van der Waals surface area contributed by atoms with Crippen molar-refractivity contribution in [3.63, 3.8) is 0 Å². The summed E-state index contributed by atoms with van der Waals surface area (Å²) >= 11 is 0. The van der Waals surface area contributed by atoms with Crippen LogP contribution in [-0.4, -0.2) is 61.4 Å². The molecule has 7 nitrogen and oxygen atoms in total. The molecule has 1 saturated heterocycles. The zero-order valence-electron chi connectivity index (χ0n) is 19.7. The van der Waals surface area contributed by atoms with E-state index >= 15 is 0 Å². The average molecular weight is 492 g/mol. The summed E-state index contributed by atoms with van der Waals surface area (Å²) in [5.41, 5.74) is 5.18. The first-order valence-electron chi connectivity index (χ1n) is 11.8. The van der Waals surface area contributed by atoms with Gasteiger partial charge < -0.3 is 14.9 Å². The van der Waals surface area contributed by atoms with Crippen LogP contribution in [0.4, 0.5) is 5.69 Å². The molecule has 0 spiro atoms. The highest BCUT2D eigenvalue weighted by Gasteiger charge is 2.32. The number of aryl methyl sites for hydroxylation is 1. The number of sulfonamides is 1. The number of benzene rings is 3. The van der Waals surface area contributed by atoms with Crippen molar-refractivity contribution >= 4 is 21.6 Å². The Balaban J connectivity index is 1.22. The number of carbonyl (C=O) groups excluding carboxylic acids is 1. The molecule has 2 heterocycles. The maximum Gasteiger partial charge on any atom is 0.253 e. The standard InChI is InChI=1S/C27H29N3O4S/c1-20-6-11-25(31)26(18-20)35(33,34)30-16-14-28(15-17-30)27(32)22-7-9-24(10-8-22)29-13-12-21-4-2-3-5-23(21)19-29/h2-11,18,31H,12-17,19H2,1H3. The highest BCUT2D eigenvalue weighted by molar-refractivity contribution is 7.89. The monoisotopic (exact) mass is 491 g/mol. The van der Waals surface area contributed by atoms with Gasteiger partial charge in [0, 0.05) is 50.5 Å². The molecule has 8 heteroatoms. The summed E-state index contributed by atoms with van der Waals surface area (Å²) in [6.07, 6.45) is 1.00. The Morgan fingerprint density at radius 2 is 1.54 bits per heavy atom. The zero-order chi connectivity index (χ0) is 24.6. The van der Waals surface area contributed by atoms with Crippen molar-refractivity contribution < 1.29 is 18.3 Å². The van der Waals surface area contributed by atoms with Gasteiger partial charge in [0.2, 0.25) is 10.0 Å². The third-order valence-corrected chi connectivity index (χ3v) is 8.80. The quantitative estimate of drug-likeness (QED) is 0.605. The van der Waals surface area contributed by atoms with E-state index in [0.29, 0.717) is 18.7 Å². The summed E-state index contributed by atoms with van der Waals surface area (Å²) in [6, 6.07) is 20.7. The van der Waals surface area contributed by atoms with E-state index < -0.39 is 10.0 Å². The van der Waals surface area contributed by atoms with Crippen LogP contribution in [0, 0.1) is 6.92 Å². The van der Waals surface area contributed by atoms with Gasteiger partial charge in [-0.3, -0.25) is 4.79 Å². The van der Waals surface area contributed by atoms with Gasteiger partial charge in [-0.1, -0.05) is 30.3 Å². The number of rotatable bonds is 4. The minimum absolute atomic E-state index is 0.0896. The number of anilines is 1. The van der Waals surface area contributed by atoms with Crippen LogP contribution in [-0.2, 0) is 23.0 Å². The summed E-state index contributed by atoms with van der Waals surface area (Å²) < 4.78 is 27.4. The number of phenolic OH excluding ortho intramolecular Hbond substituents is 1. The van der Waals surface area contributed by atoms with Crippen LogP contribution < -0.4 is 4.90 Å². The van der Waals surface area contributed by atoms with Crippen LogP contribution >= 0.6 is 0 Å². The normalized spacial score (nSPS) is 16.7. The van der Waals surface area contributed by atoms with Gasteiger partial charge in [0.1, 0.15) is 10.6 Å². The van der Waals surface area contributed by atoms with Crippen LogP contribution in [0.2, 0.25) is 0 Å². The van der Waals surface area contributed by atoms with Crippen LogP contribution in [0.15, 0.2) is 71.6 Å². The second-order valence-electron chi connectivity index (χ2n) is 9.15. The predicted molar refractivity (Wildman–Crippen MR) is 135 cm³/mol. The third-order valence-electron chi connectivity index (χ3n) is 6.87. The summed E-state index contributed by atoms with van der Waals surface area (Å²) in [5.74, 6) is -0.359. The topological polar surface area (TPSA) is 81.2 Å². The van der Waals surface area contributed by atoms with Gasteiger partial charge in [0.05, 0.1) is 0 Å². The molecular weight excluding hydrogens is 462 g/mol. The number of amides is 1. The van der Waals surface area contributed by atoms with Crippen molar-refractivity contribution in [2.75, 3.05) is 37.6 Å². The molecule has 0 aliphatic carbocycles. The maximum atomic E-state index is 13.1. The van der Waals surface area contributed by atoms with Gasteiger partial charge >= 0.3 is 0 Å². The third kappa shape index (κ3) is 4.63. The zero-order valence-corrected chi connectivity index (χ0v) is 20.5. The Kier molecular flexibility index (Phi) is 6.25. The van der Waals surface area contributed by atoms with Crippen LogP contribution in [0.5, 0.6) is 5.75 Å². The molecule has 35 heavy (non-hydrogen) atoms. The van der Waals surface area contributed by atoms with Crippen molar-refractivity contribution in [1.29, 1.82) is 0 Å². The molecular formula is C27H29N3O4S. The van der Waals surface area contributed by atoms with E-state index in [1.165, 1.54) is 27.6 Å². The first-order chi connectivity index (χ1) is 16.8. The molecule has 2 aliphatic rings. The fourth-order valence-corrected chi connectivity index (χ4v) is 6.40. The van der Waals surface area contributed by atoms with E-state index in [1.807, 2.05) is 24.3 Å². The van der Waals surface area contributed by atoms with Crippen molar-refractivity contribution in [2.45, 2.75) is 24.8 Å². The molecule has 1 fully saturated rings. The molecule has 0 bridgehead atoms. The number of hydrogen-bond acceptors (Lipinski definition) is 5. The van der Waals surface area contributed by atoms with E-state index in [4.69, 9.17) is 0 Å². The van der Waals surface area contributed by atoms with E-state index in [0.717, 1.165) is 30.8 Å². The molecule has 1 amide bonds. The number of fused-ring (bicyclic) bond motifs is 1. The summed E-state index contributed by atoms with van der Waals surface area (Å²) in [6.45, 7) is 4.56. The van der Waals surface area contributed by atoms with Gasteiger partial charge in [0.25, 0.3) is 5.91 Å². The van der Waals surface area contributed by atoms with E-state index in [1.54, 1.807) is 17.9 Å². The number of hydrogen-bond donors (Lipinski definition) is 1. The highest BCUT2D eigenvalue weighted by Crippen LogP contribution is 2.28. The highest BCUT2D eigenvalue weighted by atomic mass is 32.2. The van der Waals surface area contributed by atoms with Crippen molar-refractivity contribution in [2.24, 2.45) is 0 Å². The summed E-state index contributed by atoms with van der Waals surface area (Å²) in [5, 5.41) is 10.1. The Morgan fingerprint density at radius 3 is 2.26 bits per heavy atom. The molecule has 3 aromatic rings. The molecule has 3 aromatic carbocycles. The van der Waals surface area contributed by atoms with E-state index in [2.05, 4.69) is 29.2 Å². The van der Waals surface area contributed by atoms with Gasteiger partial charge in [0.15, 0.2) is 0 Å². The number of aromatic hydroxyl groups is 1. The Morgan fingerprint density at radius 1 is 0.857 bits per heavy atom. The van der Waals surface area contributed by atoms with Crippen molar-refractivity contribution in [3.05, 3.63) is 89.0 Å². The second-order valence-corrected chi connectivity index (χ2v) is 11.1.